The van der Waals surface area contributed by atoms with Gasteiger partial charge in [0.25, 0.3) is 0 Å². The second kappa shape index (κ2) is 59.7. The summed E-state index contributed by atoms with van der Waals surface area (Å²) in [4.78, 5) is 37.8. The minimum Gasteiger partial charge on any atom is -0.462 e. The first-order valence-corrected chi connectivity index (χ1v) is 31.7. The topological polar surface area (TPSA) is 78.9 Å². The molecule has 0 fully saturated rings. The van der Waals surface area contributed by atoms with Crippen LogP contribution in [0.5, 0.6) is 0 Å². The molecule has 0 saturated heterocycles. The van der Waals surface area contributed by atoms with E-state index in [-0.39, 0.29) is 31.1 Å². The smallest absolute Gasteiger partial charge is 0.306 e. The van der Waals surface area contributed by atoms with Gasteiger partial charge >= 0.3 is 17.9 Å². The Morgan fingerprint density at radius 3 is 0.757 bits per heavy atom. The summed E-state index contributed by atoms with van der Waals surface area (Å²) in [6, 6.07) is 0. The number of ether oxygens (including phenoxy) is 3. The van der Waals surface area contributed by atoms with Crippen LogP contribution in [0.25, 0.3) is 0 Å². The summed E-state index contributed by atoms with van der Waals surface area (Å²) in [5.41, 5.74) is 0. The van der Waals surface area contributed by atoms with Gasteiger partial charge in [-0.25, -0.2) is 0 Å². The standard InChI is InChI=1S/C64H122O6/c1-4-7-10-13-16-18-20-21-22-23-24-25-26-27-28-29-30-31-32-33-34-35-36-37-38-39-40-41-42-43-45-46-48-51-54-57-63(66)69-60-61(59-68-62(65)56-53-50-15-12-9-6-3)70-64(67)58-55-52-49-47-44-19-17-14-11-8-5-2/h14,17,61H,4-13,15-16,18-60H2,1-3H3/b17-14-. The Hall–Kier alpha value is -1.85. The van der Waals surface area contributed by atoms with E-state index in [2.05, 4.69) is 32.9 Å². The molecular formula is C64H122O6. The van der Waals surface area contributed by atoms with Gasteiger partial charge in [0.1, 0.15) is 13.2 Å². The molecule has 0 rings (SSSR count). The molecule has 0 heterocycles. The van der Waals surface area contributed by atoms with Crippen LogP contribution >= 0.6 is 0 Å². The number of rotatable bonds is 59. The maximum Gasteiger partial charge on any atom is 0.306 e. The fraction of sp³-hybridized carbons (Fsp3) is 0.922. The van der Waals surface area contributed by atoms with Crippen molar-refractivity contribution in [2.24, 2.45) is 0 Å². The Labute approximate surface area is 437 Å². The molecule has 0 radical (unpaired) electrons. The van der Waals surface area contributed by atoms with Crippen LogP contribution in [0.4, 0.5) is 0 Å². The summed E-state index contributed by atoms with van der Waals surface area (Å²) in [6.07, 6.45) is 70.1. The van der Waals surface area contributed by atoms with E-state index in [0.717, 1.165) is 64.2 Å². The highest BCUT2D eigenvalue weighted by Gasteiger charge is 2.19. The zero-order valence-electron chi connectivity index (χ0n) is 47.6. The van der Waals surface area contributed by atoms with Crippen molar-refractivity contribution in [3.8, 4) is 0 Å². The monoisotopic (exact) mass is 987 g/mol. The largest absolute Gasteiger partial charge is 0.462 e. The van der Waals surface area contributed by atoms with Crippen LogP contribution in [0.1, 0.15) is 361 Å². The van der Waals surface area contributed by atoms with Crippen LogP contribution < -0.4 is 0 Å². The second-order valence-corrected chi connectivity index (χ2v) is 21.7. The minimum absolute atomic E-state index is 0.0691. The molecule has 0 aliphatic carbocycles. The van der Waals surface area contributed by atoms with Gasteiger partial charge in [-0.15, -0.1) is 0 Å². The number of carbonyl (C=O) groups is 3. The van der Waals surface area contributed by atoms with Crippen molar-refractivity contribution < 1.29 is 28.6 Å². The van der Waals surface area contributed by atoms with Crippen molar-refractivity contribution >= 4 is 17.9 Å². The average Bonchev–Trinajstić information content (AvgIpc) is 3.36. The fourth-order valence-electron chi connectivity index (χ4n) is 9.72. The van der Waals surface area contributed by atoms with Gasteiger partial charge < -0.3 is 14.2 Å². The predicted octanol–water partition coefficient (Wildman–Crippen LogP) is 21.3. The fourth-order valence-corrected chi connectivity index (χ4v) is 9.72. The van der Waals surface area contributed by atoms with Crippen LogP contribution in [-0.4, -0.2) is 37.2 Å². The first-order chi connectivity index (χ1) is 34.5. The molecule has 414 valence electrons. The average molecular weight is 988 g/mol. The molecule has 1 unspecified atom stereocenters. The van der Waals surface area contributed by atoms with E-state index in [1.165, 1.54) is 257 Å². The number of unbranched alkanes of at least 4 members (excludes halogenated alkanes) is 46. The Morgan fingerprint density at radius 2 is 0.486 bits per heavy atom. The van der Waals surface area contributed by atoms with Crippen molar-refractivity contribution in [1.29, 1.82) is 0 Å². The third-order valence-electron chi connectivity index (χ3n) is 14.5. The van der Waals surface area contributed by atoms with Gasteiger partial charge in [0.15, 0.2) is 6.10 Å². The molecule has 0 aliphatic rings. The molecule has 70 heavy (non-hydrogen) atoms. The Bertz CT molecular complexity index is 1090. The quantitative estimate of drug-likeness (QED) is 0.0261. The van der Waals surface area contributed by atoms with Crippen molar-refractivity contribution in [2.75, 3.05) is 13.2 Å². The third kappa shape index (κ3) is 57.1. The maximum atomic E-state index is 12.7. The number of carbonyl (C=O) groups excluding carboxylic acids is 3. The SMILES string of the molecule is CCCC/C=C\CCCCCCCC(=O)OC(COC(=O)CCCCCCCC)COC(=O)CCCCCCCCCCCCCCCCCCCCCCCCCCCCCCCCCCCCC. The first-order valence-electron chi connectivity index (χ1n) is 31.7. The highest BCUT2D eigenvalue weighted by molar-refractivity contribution is 5.71. The summed E-state index contributed by atoms with van der Waals surface area (Å²) in [5, 5.41) is 0. The van der Waals surface area contributed by atoms with Crippen molar-refractivity contribution in [3.05, 3.63) is 12.2 Å². The van der Waals surface area contributed by atoms with Crippen molar-refractivity contribution in [3.63, 3.8) is 0 Å². The van der Waals surface area contributed by atoms with E-state index in [9.17, 15) is 14.4 Å². The molecule has 0 spiro atoms. The zero-order valence-corrected chi connectivity index (χ0v) is 47.6. The van der Waals surface area contributed by atoms with E-state index in [4.69, 9.17) is 14.2 Å². The molecule has 6 nitrogen and oxygen atoms in total. The number of hydrogen-bond acceptors (Lipinski definition) is 6. The molecule has 0 aromatic carbocycles. The van der Waals surface area contributed by atoms with Crippen molar-refractivity contribution in [2.45, 2.75) is 367 Å². The molecule has 0 N–H and O–H groups in total. The third-order valence-corrected chi connectivity index (χ3v) is 14.5. The van der Waals surface area contributed by atoms with Gasteiger partial charge in [0.05, 0.1) is 0 Å². The normalized spacial score (nSPS) is 12.0. The number of allylic oxidation sites excluding steroid dienone is 2. The van der Waals surface area contributed by atoms with Crippen LogP contribution in [0.2, 0.25) is 0 Å². The molecule has 0 bridgehead atoms. The summed E-state index contributed by atoms with van der Waals surface area (Å²) < 4.78 is 16.7. The number of hydrogen-bond donors (Lipinski definition) is 0. The molecule has 1 atom stereocenters. The maximum absolute atomic E-state index is 12.7. The Morgan fingerprint density at radius 1 is 0.271 bits per heavy atom. The first kappa shape index (κ1) is 68.2. The lowest BCUT2D eigenvalue weighted by Gasteiger charge is -2.18. The molecule has 6 heteroatoms. The van der Waals surface area contributed by atoms with Gasteiger partial charge in [-0.1, -0.05) is 315 Å². The summed E-state index contributed by atoms with van der Waals surface area (Å²) in [6.45, 7) is 6.58. The summed E-state index contributed by atoms with van der Waals surface area (Å²) >= 11 is 0. The summed E-state index contributed by atoms with van der Waals surface area (Å²) in [5.74, 6) is -0.871. The number of esters is 3. The van der Waals surface area contributed by atoms with Crippen LogP contribution in [0, 0.1) is 0 Å². The van der Waals surface area contributed by atoms with E-state index < -0.39 is 6.10 Å². The Balaban J connectivity index is 3.79. The van der Waals surface area contributed by atoms with Crippen LogP contribution in [0.3, 0.4) is 0 Å². The predicted molar refractivity (Wildman–Crippen MR) is 303 cm³/mol. The van der Waals surface area contributed by atoms with E-state index >= 15 is 0 Å². The second-order valence-electron chi connectivity index (χ2n) is 21.7. The zero-order chi connectivity index (χ0) is 50.7. The molecule has 0 aromatic rings. The van der Waals surface area contributed by atoms with Crippen LogP contribution in [0.15, 0.2) is 12.2 Å². The molecule has 0 aromatic heterocycles. The van der Waals surface area contributed by atoms with Gasteiger partial charge in [-0.05, 0) is 38.5 Å². The molecule has 0 saturated carbocycles. The lowest BCUT2D eigenvalue weighted by molar-refractivity contribution is -0.167. The van der Waals surface area contributed by atoms with Gasteiger partial charge in [-0.2, -0.15) is 0 Å². The lowest BCUT2D eigenvalue weighted by atomic mass is 10.0. The van der Waals surface area contributed by atoms with Gasteiger partial charge in [0, 0.05) is 19.3 Å². The minimum atomic E-state index is -0.766. The van der Waals surface area contributed by atoms with E-state index in [0.29, 0.717) is 19.3 Å². The van der Waals surface area contributed by atoms with Gasteiger partial charge in [0.2, 0.25) is 0 Å². The van der Waals surface area contributed by atoms with Crippen LogP contribution in [-0.2, 0) is 28.6 Å². The molecule has 0 aliphatic heterocycles. The Kier molecular flexibility index (Phi) is 58.1. The molecular weight excluding hydrogens is 865 g/mol. The van der Waals surface area contributed by atoms with E-state index in [1.54, 1.807) is 0 Å². The highest BCUT2D eigenvalue weighted by Crippen LogP contribution is 2.18. The van der Waals surface area contributed by atoms with Crippen molar-refractivity contribution in [1.82, 2.24) is 0 Å². The lowest BCUT2D eigenvalue weighted by Crippen LogP contribution is -2.30. The highest BCUT2D eigenvalue weighted by atomic mass is 16.6. The van der Waals surface area contributed by atoms with Gasteiger partial charge in [-0.3, -0.25) is 14.4 Å². The van der Waals surface area contributed by atoms with E-state index in [1.807, 2.05) is 0 Å². The molecule has 0 amide bonds. The summed E-state index contributed by atoms with van der Waals surface area (Å²) in [7, 11) is 0.